The van der Waals surface area contributed by atoms with Gasteiger partial charge in [0.25, 0.3) is 0 Å². The predicted octanol–water partition coefficient (Wildman–Crippen LogP) is 4.12. The van der Waals surface area contributed by atoms with Crippen LogP contribution < -0.4 is 5.32 Å². The molecule has 1 atom stereocenters. The van der Waals surface area contributed by atoms with Gasteiger partial charge in [-0.3, -0.25) is 0 Å². The van der Waals surface area contributed by atoms with Gasteiger partial charge in [-0.2, -0.15) is 4.98 Å². The Bertz CT molecular complexity index is 792. The molecule has 2 heterocycles. The van der Waals surface area contributed by atoms with Crippen molar-refractivity contribution in [3.8, 4) is 10.6 Å². The molecule has 0 aliphatic heterocycles. The third kappa shape index (κ3) is 4.86. The molecule has 1 unspecified atom stereocenters. The monoisotopic (exact) mass is 428 g/mol. The summed E-state index contributed by atoms with van der Waals surface area (Å²) >= 11 is 5.11. The topological polar surface area (TPSA) is 63.8 Å². The molecule has 0 aliphatic rings. The van der Waals surface area contributed by atoms with Crippen LogP contribution in [0.25, 0.3) is 10.6 Å². The Morgan fingerprint density at radius 1 is 1.33 bits per heavy atom. The third-order valence-corrected chi connectivity index (χ3v) is 4.88. The average Bonchev–Trinajstić information content (AvgIpc) is 3.17. The molecule has 0 aliphatic carbocycles. The van der Waals surface area contributed by atoms with E-state index >= 15 is 0 Å². The second-order valence-electron chi connectivity index (χ2n) is 5.33. The molecular formula is C16H18BrClN4OS. The van der Waals surface area contributed by atoms with Crippen LogP contribution in [-0.4, -0.2) is 28.2 Å². The first-order chi connectivity index (χ1) is 11.1. The number of nitrogens with zero attached hydrogens (tertiary/aromatic N) is 3. The van der Waals surface area contributed by atoms with E-state index in [4.69, 9.17) is 4.52 Å². The maximum Gasteiger partial charge on any atom is 0.232 e. The summed E-state index contributed by atoms with van der Waals surface area (Å²) in [6.07, 6.45) is 1.31. The van der Waals surface area contributed by atoms with Crippen molar-refractivity contribution in [3.05, 3.63) is 51.5 Å². The Kier molecular flexibility index (Phi) is 6.91. The van der Waals surface area contributed by atoms with Crippen LogP contribution in [0.3, 0.4) is 0 Å². The van der Waals surface area contributed by atoms with Gasteiger partial charge < -0.3 is 9.84 Å². The molecular weight excluding hydrogens is 412 g/mol. The van der Waals surface area contributed by atoms with Crippen molar-refractivity contribution >= 4 is 39.7 Å². The summed E-state index contributed by atoms with van der Waals surface area (Å²) in [5, 5.41) is 10.2. The maximum absolute atomic E-state index is 5.32. The number of hydrogen-bond acceptors (Lipinski definition) is 6. The number of halogens is 2. The summed E-state index contributed by atoms with van der Waals surface area (Å²) in [6.45, 7) is 2.08. The molecule has 1 aromatic carbocycles. The lowest BCUT2D eigenvalue weighted by molar-refractivity contribution is 0.376. The Labute approximate surface area is 159 Å². The molecule has 5 nitrogen and oxygen atoms in total. The molecule has 1 N–H and O–H groups in total. The summed E-state index contributed by atoms with van der Waals surface area (Å²) in [5.41, 5.74) is 2.05. The Balaban J connectivity index is 0.00000208. The van der Waals surface area contributed by atoms with Crippen LogP contribution >= 0.6 is 39.7 Å². The number of rotatable bonds is 6. The molecule has 0 spiro atoms. The van der Waals surface area contributed by atoms with Crippen LogP contribution in [-0.2, 0) is 12.8 Å². The van der Waals surface area contributed by atoms with E-state index in [0.717, 1.165) is 33.0 Å². The number of likely N-dealkylation sites (N-methyl/N-ethyl adjacent to an activating group) is 1. The number of nitrogens with one attached hydrogen (secondary N) is 1. The predicted molar refractivity (Wildman–Crippen MR) is 102 cm³/mol. The van der Waals surface area contributed by atoms with Gasteiger partial charge in [-0.1, -0.05) is 33.2 Å². The normalized spacial score (nSPS) is 12.0. The molecule has 0 saturated carbocycles. The van der Waals surface area contributed by atoms with E-state index in [1.165, 1.54) is 0 Å². The summed E-state index contributed by atoms with van der Waals surface area (Å²) in [5.74, 6) is 1.33. The number of aromatic nitrogens is 3. The number of benzene rings is 1. The number of thiazole rings is 1. The smallest absolute Gasteiger partial charge is 0.232 e. The van der Waals surface area contributed by atoms with Gasteiger partial charge in [0, 0.05) is 27.9 Å². The minimum absolute atomic E-state index is 0. The SMILES string of the molecule is CNC(C)Cc1noc(Cc2csc(-c3cccc(Br)c3)n2)n1.Cl. The van der Waals surface area contributed by atoms with E-state index in [0.29, 0.717) is 18.4 Å². The van der Waals surface area contributed by atoms with Gasteiger partial charge in [0.15, 0.2) is 5.82 Å². The molecule has 0 radical (unpaired) electrons. The van der Waals surface area contributed by atoms with Gasteiger partial charge in [0.2, 0.25) is 5.89 Å². The van der Waals surface area contributed by atoms with Crippen molar-refractivity contribution in [2.24, 2.45) is 0 Å². The van der Waals surface area contributed by atoms with Crippen LogP contribution in [0.1, 0.15) is 24.3 Å². The van der Waals surface area contributed by atoms with Crippen LogP contribution in [0, 0.1) is 0 Å². The summed E-state index contributed by atoms with van der Waals surface area (Å²) < 4.78 is 6.36. The largest absolute Gasteiger partial charge is 0.339 e. The third-order valence-electron chi connectivity index (χ3n) is 3.45. The highest BCUT2D eigenvalue weighted by molar-refractivity contribution is 9.10. The van der Waals surface area contributed by atoms with Gasteiger partial charge in [-0.15, -0.1) is 23.7 Å². The van der Waals surface area contributed by atoms with E-state index in [1.807, 2.05) is 24.6 Å². The average molecular weight is 430 g/mol. The lowest BCUT2D eigenvalue weighted by Gasteiger charge is -2.04. The Hall–Kier alpha value is -1.28. The highest BCUT2D eigenvalue weighted by Gasteiger charge is 2.12. The molecule has 2 aromatic heterocycles. The summed E-state index contributed by atoms with van der Waals surface area (Å²) in [4.78, 5) is 9.09. The molecule has 128 valence electrons. The minimum atomic E-state index is 0. The zero-order valence-electron chi connectivity index (χ0n) is 13.3. The van der Waals surface area contributed by atoms with Crippen molar-refractivity contribution in [2.45, 2.75) is 25.8 Å². The zero-order chi connectivity index (χ0) is 16.2. The molecule has 3 aromatic rings. The first-order valence-electron chi connectivity index (χ1n) is 7.33. The minimum Gasteiger partial charge on any atom is -0.339 e. The standard InChI is InChI=1S/C16H17BrN4OS.ClH/c1-10(18-2)6-14-20-15(22-21-14)8-13-9-23-16(19-13)11-4-3-5-12(17)7-11;/h3-5,7,9-10,18H,6,8H2,1-2H3;1H. The van der Waals surface area contributed by atoms with Crippen LogP contribution in [0.5, 0.6) is 0 Å². The molecule has 0 fully saturated rings. The number of hydrogen-bond donors (Lipinski definition) is 1. The van der Waals surface area contributed by atoms with Gasteiger partial charge in [0.05, 0.1) is 12.1 Å². The fourth-order valence-corrected chi connectivity index (χ4v) is 3.33. The lowest BCUT2D eigenvalue weighted by Crippen LogP contribution is -2.24. The van der Waals surface area contributed by atoms with Gasteiger partial charge in [0.1, 0.15) is 5.01 Å². The van der Waals surface area contributed by atoms with E-state index in [2.05, 4.69) is 55.4 Å². The second-order valence-corrected chi connectivity index (χ2v) is 7.10. The van der Waals surface area contributed by atoms with Gasteiger partial charge in [-0.05, 0) is 26.1 Å². The van der Waals surface area contributed by atoms with Gasteiger partial charge >= 0.3 is 0 Å². The second kappa shape index (κ2) is 8.71. The molecule has 0 saturated heterocycles. The summed E-state index contributed by atoms with van der Waals surface area (Å²) in [7, 11) is 1.92. The first-order valence-corrected chi connectivity index (χ1v) is 9.00. The lowest BCUT2D eigenvalue weighted by atomic mass is 10.2. The quantitative estimate of drug-likeness (QED) is 0.638. The van der Waals surface area contributed by atoms with E-state index in [-0.39, 0.29) is 12.4 Å². The molecule has 24 heavy (non-hydrogen) atoms. The van der Waals surface area contributed by atoms with E-state index in [9.17, 15) is 0 Å². The van der Waals surface area contributed by atoms with Crippen molar-refractivity contribution < 1.29 is 4.52 Å². The van der Waals surface area contributed by atoms with Crippen LogP contribution in [0.15, 0.2) is 38.6 Å². The molecule has 8 heteroatoms. The first kappa shape index (κ1) is 19.1. The zero-order valence-corrected chi connectivity index (χ0v) is 16.5. The molecule has 0 amide bonds. The van der Waals surface area contributed by atoms with E-state index < -0.39 is 0 Å². The Morgan fingerprint density at radius 3 is 2.92 bits per heavy atom. The Morgan fingerprint density at radius 2 is 2.17 bits per heavy atom. The van der Waals surface area contributed by atoms with Crippen molar-refractivity contribution in [3.63, 3.8) is 0 Å². The van der Waals surface area contributed by atoms with Crippen molar-refractivity contribution in [1.82, 2.24) is 20.4 Å². The fourth-order valence-electron chi connectivity index (χ4n) is 2.12. The highest BCUT2D eigenvalue weighted by atomic mass is 79.9. The highest BCUT2D eigenvalue weighted by Crippen LogP contribution is 2.26. The van der Waals surface area contributed by atoms with Crippen molar-refractivity contribution in [1.29, 1.82) is 0 Å². The van der Waals surface area contributed by atoms with E-state index in [1.54, 1.807) is 11.3 Å². The fraction of sp³-hybridized carbons (Fsp3) is 0.312. The van der Waals surface area contributed by atoms with Gasteiger partial charge in [-0.25, -0.2) is 4.98 Å². The van der Waals surface area contributed by atoms with Crippen LogP contribution in [0.2, 0.25) is 0 Å². The molecule has 0 bridgehead atoms. The molecule has 3 rings (SSSR count). The van der Waals surface area contributed by atoms with Crippen LogP contribution in [0.4, 0.5) is 0 Å². The maximum atomic E-state index is 5.32. The van der Waals surface area contributed by atoms with Crippen molar-refractivity contribution in [2.75, 3.05) is 7.05 Å². The summed E-state index contributed by atoms with van der Waals surface area (Å²) in [6, 6.07) is 8.45.